The second-order valence-corrected chi connectivity index (χ2v) is 14.9. The number of carbonyl (C=O) groups is 2. The molecule has 0 aromatic heterocycles. The van der Waals surface area contributed by atoms with Crippen molar-refractivity contribution in [2.24, 2.45) is 0 Å². The molecule has 0 rings (SSSR count). The van der Waals surface area contributed by atoms with E-state index in [-0.39, 0.29) is 18.5 Å². The van der Waals surface area contributed by atoms with Crippen LogP contribution in [0.25, 0.3) is 0 Å². The van der Waals surface area contributed by atoms with Gasteiger partial charge in [0.05, 0.1) is 0 Å². The molecule has 0 radical (unpaired) electrons. The van der Waals surface area contributed by atoms with Gasteiger partial charge in [-0.25, -0.2) is 0 Å². The summed E-state index contributed by atoms with van der Waals surface area (Å²) in [5, 5.41) is 8.83. The van der Waals surface area contributed by atoms with Crippen LogP contribution in [0.5, 0.6) is 0 Å². The van der Waals surface area contributed by atoms with Gasteiger partial charge in [-0.3, -0.25) is 9.59 Å². The second kappa shape index (κ2) is 42.3. The molecule has 1 N–H and O–H groups in total. The second-order valence-electron chi connectivity index (χ2n) is 14.9. The minimum Gasteiger partial charge on any atom is -0.481 e. The Balaban J connectivity index is 4.01. The van der Waals surface area contributed by atoms with Gasteiger partial charge in [-0.1, -0.05) is 204 Å². The molecule has 1 unspecified atom stereocenters. The number of carbonyl (C=O) groups excluding carboxylic acids is 1. The molecule has 51 heavy (non-hydrogen) atoms. The van der Waals surface area contributed by atoms with Crippen molar-refractivity contribution < 1.29 is 19.4 Å². The van der Waals surface area contributed by atoms with E-state index >= 15 is 0 Å². The van der Waals surface area contributed by atoms with Crippen LogP contribution < -0.4 is 0 Å². The van der Waals surface area contributed by atoms with Gasteiger partial charge in [-0.2, -0.15) is 0 Å². The topological polar surface area (TPSA) is 63.6 Å². The van der Waals surface area contributed by atoms with Crippen molar-refractivity contribution in [3.05, 3.63) is 48.6 Å². The lowest BCUT2D eigenvalue weighted by molar-refractivity contribution is -0.150. The largest absolute Gasteiger partial charge is 0.481 e. The Hall–Kier alpha value is -2.10. The summed E-state index contributed by atoms with van der Waals surface area (Å²) in [6.07, 6.45) is 57.2. The minimum atomic E-state index is -0.710. The monoisotopic (exact) mass is 713 g/mol. The zero-order valence-corrected chi connectivity index (χ0v) is 33.9. The first-order chi connectivity index (χ1) is 25.1. The molecule has 0 aliphatic heterocycles. The average Bonchev–Trinajstić information content (AvgIpc) is 3.12. The summed E-state index contributed by atoms with van der Waals surface area (Å²) < 4.78 is 5.98. The van der Waals surface area contributed by atoms with Gasteiger partial charge in [0.2, 0.25) is 0 Å². The van der Waals surface area contributed by atoms with Crippen molar-refractivity contribution in [2.75, 3.05) is 0 Å². The lowest BCUT2D eigenvalue weighted by atomic mass is 10.0. The Morgan fingerprint density at radius 2 is 0.824 bits per heavy atom. The molecule has 0 spiro atoms. The quantitative estimate of drug-likeness (QED) is 0.0390. The first-order valence-electron chi connectivity index (χ1n) is 22.1. The molecule has 0 amide bonds. The molecule has 1 atom stereocenters. The molecule has 0 bridgehead atoms. The third-order valence-corrected chi connectivity index (χ3v) is 9.82. The van der Waals surface area contributed by atoms with E-state index in [9.17, 15) is 9.59 Å². The maximum absolute atomic E-state index is 12.7. The number of allylic oxidation sites excluding steroid dienone is 8. The number of carboxylic acid groups (broad SMARTS) is 1. The Bertz CT molecular complexity index is 854. The molecule has 0 heterocycles. The highest BCUT2D eigenvalue weighted by Crippen LogP contribution is 2.18. The van der Waals surface area contributed by atoms with Gasteiger partial charge in [-0.15, -0.1) is 0 Å². The zero-order chi connectivity index (χ0) is 37.1. The van der Waals surface area contributed by atoms with Crippen molar-refractivity contribution >= 4 is 11.9 Å². The first kappa shape index (κ1) is 48.9. The van der Waals surface area contributed by atoms with Gasteiger partial charge in [0, 0.05) is 12.8 Å². The SMILES string of the molecule is CC/C=C\C/C=C\C/C=C\C/C=C\CCC(CCCCCCCC(=O)O)OC(=O)CCCCCCCCCCCCCCCCCCCCCC. The van der Waals surface area contributed by atoms with E-state index < -0.39 is 5.97 Å². The van der Waals surface area contributed by atoms with E-state index in [4.69, 9.17) is 9.84 Å². The predicted molar refractivity (Wildman–Crippen MR) is 222 cm³/mol. The summed E-state index contributed by atoms with van der Waals surface area (Å²) in [6.45, 7) is 4.45. The summed E-state index contributed by atoms with van der Waals surface area (Å²) >= 11 is 0. The summed E-state index contributed by atoms with van der Waals surface area (Å²) in [4.78, 5) is 23.4. The van der Waals surface area contributed by atoms with E-state index in [0.29, 0.717) is 6.42 Å². The Kier molecular flexibility index (Phi) is 40.6. The zero-order valence-electron chi connectivity index (χ0n) is 33.9. The summed E-state index contributed by atoms with van der Waals surface area (Å²) in [5.41, 5.74) is 0. The molecule has 0 saturated heterocycles. The van der Waals surface area contributed by atoms with Crippen LogP contribution >= 0.6 is 0 Å². The van der Waals surface area contributed by atoms with Crippen LogP contribution in [0, 0.1) is 0 Å². The fourth-order valence-corrected chi connectivity index (χ4v) is 6.59. The molecular weight excluding hydrogens is 629 g/mol. The van der Waals surface area contributed by atoms with Crippen LogP contribution in [-0.4, -0.2) is 23.1 Å². The first-order valence-corrected chi connectivity index (χ1v) is 22.1. The van der Waals surface area contributed by atoms with Crippen molar-refractivity contribution in [3.8, 4) is 0 Å². The summed E-state index contributed by atoms with van der Waals surface area (Å²) in [7, 11) is 0. The van der Waals surface area contributed by atoms with E-state index in [1.54, 1.807) is 0 Å². The van der Waals surface area contributed by atoms with Crippen LogP contribution in [0.2, 0.25) is 0 Å². The van der Waals surface area contributed by atoms with E-state index in [2.05, 4.69) is 62.5 Å². The van der Waals surface area contributed by atoms with Crippen LogP contribution in [-0.2, 0) is 14.3 Å². The Morgan fingerprint density at radius 3 is 1.25 bits per heavy atom. The number of hydrogen-bond acceptors (Lipinski definition) is 3. The normalized spacial score (nSPS) is 12.7. The lowest BCUT2D eigenvalue weighted by Crippen LogP contribution is -2.18. The molecular formula is C47H84O4. The fourth-order valence-electron chi connectivity index (χ4n) is 6.59. The highest BCUT2D eigenvalue weighted by atomic mass is 16.5. The molecule has 4 nitrogen and oxygen atoms in total. The van der Waals surface area contributed by atoms with Crippen LogP contribution in [0.3, 0.4) is 0 Å². The van der Waals surface area contributed by atoms with Crippen LogP contribution in [0.1, 0.15) is 232 Å². The molecule has 0 aromatic rings. The number of unbranched alkanes of at least 4 members (excludes halogenated alkanes) is 23. The van der Waals surface area contributed by atoms with Crippen molar-refractivity contribution in [2.45, 2.75) is 238 Å². The predicted octanol–water partition coefficient (Wildman–Crippen LogP) is 15.5. The minimum absolute atomic E-state index is 0.0197. The van der Waals surface area contributed by atoms with Gasteiger partial charge in [0.1, 0.15) is 6.10 Å². The van der Waals surface area contributed by atoms with Crippen LogP contribution in [0.15, 0.2) is 48.6 Å². The third kappa shape index (κ3) is 42.2. The molecule has 0 aliphatic carbocycles. The summed E-state index contributed by atoms with van der Waals surface area (Å²) in [6, 6.07) is 0. The fraction of sp³-hybridized carbons (Fsp3) is 0.787. The van der Waals surface area contributed by atoms with E-state index in [1.807, 2.05) is 0 Å². The highest BCUT2D eigenvalue weighted by Gasteiger charge is 2.14. The van der Waals surface area contributed by atoms with Crippen LogP contribution in [0.4, 0.5) is 0 Å². The molecule has 4 heteroatoms. The lowest BCUT2D eigenvalue weighted by Gasteiger charge is -2.17. The van der Waals surface area contributed by atoms with Crippen molar-refractivity contribution in [3.63, 3.8) is 0 Å². The molecule has 0 fully saturated rings. The van der Waals surface area contributed by atoms with Gasteiger partial charge in [0.15, 0.2) is 0 Å². The van der Waals surface area contributed by atoms with Crippen molar-refractivity contribution in [1.82, 2.24) is 0 Å². The van der Waals surface area contributed by atoms with Gasteiger partial charge >= 0.3 is 11.9 Å². The number of esters is 1. The standard InChI is InChI=1S/C47H84O4/c1-3-5-7-9-11-13-15-17-18-19-20-21-22-23-25-27-29-31-36-40-44-47(50)51-45(42-38-34-32-35-39-43-46(48)49)41-37-33-30-28-26-24-16-14-12-10-8-6-4-2/h6,8,12,14,24,26,30,33,45H,3-5,7,9-11,13,15-23,25,27-29,31-32,34-44H2,1-2H3,(H,48,49)/b8-6-,14-12-,26-24-,33-30-. The smallest absolute Gasteiger partial charge is 0.306 e. The number of ether oxygens (including phenoxy) is 1. The number of carboxylic acids is 1. The molecule has 0 aliphatic rings. The summed E-state index contributed by atoms with van der Waals surface area (Å²) in [5.74, 6) is -0.743. The van der Waals surface area contributed by atoms with E-state index in [0.717, 1.165) is 89.9 Å². The highest BCUT2D eigenvalue weighted by molar-refractivity contribution is 5.69. The Labute approximate surface area is 317 Å². The Morgan fingerprint density at radius 1 is 0.451 bits per heavy atom. The molecule has 0 aromatic carbocycles. The number of hydrogen-bond donors (Lipinski definition) is 1. The molecule has 296 valence electrons. The molecule has 0 saturated carbocycles. The van der Waals surface area contributed by atoms with E-state index in [1.165, 1.54) is 116 Å². The van der Waals surface area contributed by atoms with Gasteiger partial charge in [-0.05, 0) is 64.2 Å². The number of rotatable bonds is 40. The van der Waals surface area contributed by atoms with Crippen molar-refractivity contribution in [1.29, 1.82) is 0 Å². The number of aliphatic carboxylic acids is 1. The third-order valence-electron chi connectivity index (χ3n) is 9.82. The van der Waals surface area contributed by atoms with Gasteiger partial charge in [0.25, 0.3) is 0 Å². The average molecular weight is 713 g/mol. The van der Waals surface area contributed by atoms with Gasteiger partial charge < -0.3 is 9.84 Å². The maximum Gasteiger partial charge on any atom is 0.306 e. The maximum atomic E-state index is 12.7.